The van der Waals surface area contributed by atoms with Crippen LogP contribution in [0.15, 0.2) is 41.3 Å². The number of fused-ring (bicyclic) bond motifs is 1. The molecule has 6 heteroatoms. The van der Waals surface area contributed by atoms with Crippen LogP contribution < -0.4 is 4.72 Å². The molecule has 1 N–H and O–H groups in total. The lowest BCUT2D eigenvalue weighted by molar-refractivity contribution is 0.601. The van der Waals surface area contributed by atoms with Crippen LogP contribution in [0.1, 0.15) is 24.0 Å². The molecule has 2 aromatic rings. The highest BCUT2D eigenvalue weighted by Gasteiger charge is 2.19. The molecule has 0 bridgehead atoms. The molecule has 0 unspecified atom stereocenters. The van der Waals surface area contributed by atoms with Crippen molar-refractivity contribution in [3.8, 4) is 0 Å². The van der Waals surface area contributed by atoms with E-state index in [1.165, 1.54) is 23.8 Å². The molecule has 2 aromatic carbocycles. The number of nitrogens with one attached hydrogen (secondary N) is 1. The van der Waals surface area contributed by atoms with Crippen LogP contribution in [-0.2, 0) is 22.9 Å². The number of rotatable bonds is 3. The Kier molecular flexibility index (Phi) is 4.35. The van der Waals surface area contributed by atoms with Crippen LogP contribution in [-0.4, -0.2) is 8.42 Å². The molecule has 0 atom stereocenters. The van der Waals surface area contributed by atoms with Gasteiger partial charge in [-0.1, -0.05) is 35.3 Å². The summed E-state index contributed by atoms with van der Waals surface area (Å²) in [5.74, 6) is 0. The predicted molar refractivity (Wildman–Crippen MR) is 90.4 cm³/mol. The van der Waals surface area contributed by atoms with Crippen molar-refractivity contribution in [2.24, 2.45) is 0 Å². The minimum absolute atomic E-state index is 0.0680. The Bertz CT molecular complexity index is 799. The average molecular weight is 356 g/mol. The number of sulfonamides is 1. The Hall–Kier alpha value is -1.23. The second kappa shape index (κ2) is 6.11. The van der Waals surface area contributed by atoms with Gasteiger partial charge in [-0.25, -0.2) is 8.42 Å². The number of anilines is 1. The highest BCUT2D eigenvalue weighted by Crippen LogP contribution is 2.30. The highest BCUT2D eigenvalue weighted by atomic mass is 35.5. The summed E-state index contributed by atoms with van der Waals surface area (Å²) in [7, 11) is -3.71. The third kappa shape index (κ3) is 3.24. The normalized spacial score (nSPS) is 14.5. The highest BCUT2D eigenvalue weighted by molar-refractivity contribution is 7.92. The molecule has 0 aromatic heterocycles. The first-order chi connectivity index (χ1) is 10.5. The van der Waals surface area contributed by atoms with E-state index >= 15 is 0 Å². The van der Waals surface area contributed by atoms with Gasteiger partial charge < -0.3 is 0 Å². The number of benzene rings is 2. The van der Waals surface area contributed by atoms with E-state index in [0.717, 1.165) is 31.2 Å². The smallest absolute Gasteiger partial charge is 0.262 e. The number of halogens is 2. The molecular weight excluding hydrogens is 341 g/mol. The first kappa shape index (κ1) is 15.7. The zero-order valence-electron chi connectivity index (χ0n) is 11.8. The van der Waals surface area contributed by atoms with Gasteiger partial charge in [0.15, 0.2) is 0 Å². The Balaban J connectivity index is 1.98. The largest absolute Gasteiger partial charge is 0.279 e. The lowest BCUT2D eigenvalue weighted by Crippen LogP contribution is -2.16. The fourth-order valence-corrected chi connectivity index (χ4v) is 4.58. The maximum absolute atomic E-state index is 12.6. The van der Waals surface area contributed by atoms with Crippen molar-refractivity contribution in [1.29, 1.82) is 0 Å². The fourth-order valence-electron chi connectivity index (χ4n) is 2.76. The number of hydrogen-bond acceptors (Lipinski definition) is 2. The van der Waals surface area contributed by atoms with Gasteiger partial charge in [-0.05, 0) is 61.1 Å². The zero-order chi connectivity index (χ0) is 15.7. The van der Waals surface area contributed by atoms with Crippen LogP contribution in [0.3, 0.4) is 0 Å². The topological polar surface area (TPSA) is 46.2 Å². The monoisotopic (exact) mass is 355 g/mol. The van der Waals surface area contributed by atoms with E-state index in [1.54, 1.807) is 6.07 Å². The molecule has 116 valence electrons. The van der Waals surface area contributed by atoms with E-state index in [2.05, 4.69) is 10.8 Å². The van der Waals surface area contributed by atoms with Crippen LogP contribution >= 0.6 is 23.2 Å². The second-order valence-corrected chi connectivity index (χ2v) is 7.92. The Morgan fingerprint density at radius 1 is 0.955 bits per heavy atom. The second-order valence-electron chi connectivity index (χ2n) is 5.36. The summed E-state index contributed by atoms with van der Waals surface area (Å²) < 4.78 is 27.8. The summed E-state index contributed by atoms with van der Waals surface area (Å²) in [5.41, 5.74) is 2.95. The standard InChI is InChI=1S/C16H15Cl2NO2S/c17-12-8-13(18)10-14(9-12)22(20,21)19-16-7-3-5-11-4-1-2-6-15(11)16/h3,5,7-10,19H,1-2,4,6H2. The van der Waals surface area contributed by atoms with Crippen molar-refractivity contribution in [2.45, 2.75) is 30.6 Å². The van der Waals surface area contributed by atoms with Gasteiger partial charge in [-0.15, -0.1) is 0 Å². The van der Waals surface area contributed by atoms with Crippen LogP contribution in [0, 0.1) is 0 Å². The molecule has 1 aliphatic rings. The number of aryl methyl sites for hydroxylation is 1. The first-order valence-corrected chi connectivity index (χ1v) is 9.29. The summed E-state index contributed by atoms with van der Waals surface area (Å²) in [5, 5.41) is 0.589. The Morgan fingerprint density at radius 3 is 2.36 bits per heavy atom. The van der Waals surface area contributed by atoms with E-state index in [1.807, 2.05) is 6.07 Å². The summed E-state index contributed by atoms with van der Waals surface area (Å²) in [6, 6.07) is 10.0. The van der Waals surface area contributed by atoms with Gasteiger partial charge >= 0.3 is 0 Å². The van der Waals surface area contributed by atoms with Gasteiger partial charge in [0, 0.05) is 10.0 Å². The van der Waals surface area contributed by atoms with Gasteiger partial charge in [0.05, 0.1) is 10.6 Å². The maximum Gasteiger partial charge on any atom is 0.262 e. The van der Waals surface area contributed by atoms with E-state index < -0.39 is 10.0 Å². The third-order valence-corrected chi connectivity index (χ3v) is 5.57. The molecule has 0 amide bonds. The molecular formula is C16H15Cl2NO2S. The van der Waals surface area contributed by atoms with Crippen molar-refractivity contribution >= 4 is 38.9 Å². The molecule has 0 radical (unpaired) electrons. The summed E-state index contributed by atoms with van der Waals surface area (Å²) in [6.45, 7) is 0. The van der Waals surface area contributed by atoms with Crippen LogP contribution in [0.2, 0.25) is 10.0 Å². The summed E-state index contributed by atoms with van der Waals surface area (Å²) in [4.78, 5) is 0.0680. The van der Waals surface area contributed by atoms with Crippen molar-refractivity contribution in [3.63, 3.8) is 0 Å². The molecule has 3 rings (SSSR count). The maximum atomic E-state index is 12.6. The van der Waals surface area contributed by atoms with Gasteiger partial charge in [0.1, 0.15) is 0 Å². The van der Waals surface area contributed by atoms with Crippen molar-refractivity contribution in [3.05, 3.63) is 57.6 Å². The average Bonchev–Trinajstić information content (AvgIpc) is 2.46. The molecule has 0 saturated carbocycles. The molecule has 1 aliphatic carbocycles. The minimum Gasteiger partial charge on any atom is -0.279 e. The molecule has 22 heavy (non-hydrogen) atoms. The Labute approximate surface area is 140 Å². The SMILES string of the molecule is O=S(=O)(Nc1cccc2c1CCCC2)c1cc(Cl)cc(Cl)c1. The minimum atomic E-state index is -3.71. The quantitative estimate of drug-likeness (QED) is 0.869. The van der Waals surface area contributed by atoms with E-state index in [-0.39, 0.29) is 4.90 Å². The van der Waals surface area contributed by atoms with Crippen LogP contribution in [0.5, 0.6) is 0 Å². The summed E-state index contributed by atoms with van der Waals surface area (Å²) in [6.07, 6.45) is 4.11. The van der Waals surface area contributed by atoms with E-state index in [0.29, 0.717) is 15.7 Å². The van der Waals surface area contributed by atoms with Gasteiger partial charge in [-0.2, -0.15) is 0 Å². The van der Waals surface area contributed by atoms with Gasteiger partial charge in [-0.3, -0.25) is 4.72 Å². The summed E-state index contributed by atoms with van der Waals surface area (Å²) >= 11 is 11.8. The molecule has 0 fully saturated rings. The van der Waals surface area contributed by atoms with E-state index in [9.17, 15) is 8.42 Å². The molecule has 3 nitrogen and oxygen atoms in total. The van der Waals surface area contributed by atoms with Crippen molar-refractivity contribution < 1.29 is 8.42 Å². The fraction of sp³-hybridized carbons (Fsp3) is 0.250. The Morgan fingerprint density at radius 2 is 1.64 bits per heavy atom. The van der Waals surface area contributed by atoms with E-state index in [4.69, 9.17) is 23.2 Å². The van der Waals surface area contributed by atoms with Crippen LogP contribution in [0.4, 0.5) is 5.69 Å². The van der Waals surface area contributed by atoms with Gasteiger partial charge in [0.2, 0.25) is 0 Å². The van der Waals surface area contributed by atoms with Gasteiger partial charge in [0.25, 0.3) is 10.0 Å². The third-order valence-electron chi connectivity index (χ3n) is 3.79. The molecule has 0 spiro atoms. The van der Waals surface area contributed by atoms with Crippen molar-refractivity contribution in [1.82, 2.24) is 0 Å². The molecule has 0 saturated heterocycles. The first-order valence-electron chi connectivity index (χ1n) is 7.05. The lowest BCUT2D eigenvalue weighted by Gasteiger charge is -2.20. The van der Waals surface area contributed by atoms with Crippen molar-refractivity contribution in [2.75, 3.05) is 4.72 Å². The lowest BCUT2D eigenvalue weighted by atomic mass is 9.91. The number of hydrogen-bond donors (Lipinski definition) is 1. The van der Waals surface area contributed by atoms with Crippen LogP contribution in [0.25, 0.3) is 0 Å². The predicted octanol–water partition coefficient (Wildman–Crippen LogP) is 4.67. The zero-order valence-corrected chi connectivity index (χ0v) is 14.1. The molecule has 0 heterocycles. The molecule has 0 aliphatic heterocycles.